The first-order valence-corrected chi connectivity index (χ1v) is 7.12. The largest absolute Gasteiger partial charge is 0.464 e. The van der Waals surface area contributed by atoms with Crippen LogP contribution in [-0.2, 0) is 19.4 Å². The molecule has 96 valence electrons. The molecule has 0 amide bonds. The van der Waals surface area contributed by atoms with Crippen molar-refractivity contribution in [3.8, 4) is 0 Å². The van der Waals surface area contributed by atoms with Crippen LogP contribution in [0.25, 0.3) is 0 Å². The molecule has 1 aromatic carbocycles. The summed E-state index contributed by atoms with van der Waals surface area (Å²) < 4.78 is 6.80. The number of aryl methyl sites for hydroxylation is 2. The minimum Gasteiger partial charge on any atom is -0.464 e. The zero-order chi connectivity index (χ0) is 13.0. The first-order chi connectivity index (χ1) is 8.72. The molecule has 1 aromatic heterocycles. The third kappa shape index (κ3) is 3.16. The molecule has 0 radical (unpaired) electrons. The Bertz CT molecular complexity index is 519. The summed E-state index contributed by atoms with van der Waals surface area (Å²) in [6.07, 6.45) is 1.96. The molecule has 2 nitrogen and oxygen atoms in total. The van der Waals surface area contributed by atoms with Crippen molar-refractivity contribution in [3.05, 3.63) is 51.9 Å². The maximum atomic E-state index is 5.68. The van der Waals surface area contributed by atoms with Crippen LogP contribution < -0.4 is 5.32 Å². The molecule has 0 atom stereocenters. The molecule has 0 aliphatic rings. The van der Waals surface area contributed by atoms with E-state index in [1.54, 1.807) is 0 Å². The van der Waals surface area contributed by atoms with Gasteiger partial charge in [0.05, 0.1) is 6.54 Å². The highest BCUT2D eigenvalue weighted by molar-refractivity contribution is 9.10. The van der Waals surface area contributed by atoms with Crippen LogP contribution in [0, 0.1) is 0 Å². The normalized spacial score (nSPS) is 10.6. The predicted octanol–water partition coefficient (Wildman–Crippen LogP) is 4.78. The Balaban J connectivity index is 2.05. The van der Waals surface area contributed by atoms with Crippen molar-refractivity contribution in [2.45, 2.75) is 33.2 Å². The second-order valence-electron chi connectivity index (χ2n) is 4.23. The summed E-state index contributed by atoms with van der Waals surface area (Å²) in [6.45, 7) is 4.99. The molecule has 1 N–H and O–H groups in total. The van der Waals surface area contributed by atoms with Gasteiger partial charge in [0.1, 0.15) is 11.5 Å². The summed E-state index contributed by atoms with van der Waals surface area (Å²) in [5.41, 5.74) is 2.49. The number of hydrogen-bond acceptors (Lipinski definition) is 2. The molecule has 1 heterocycles. The fraction of sp³-hybridized carbons (Fsp3) is 0.333. The van der Waals surface area contributed by atoms with Crippen molar-refractivity contribution >= 4 is 21.6 Å². The zero-order valence-corrected chi connectivity index (χ0v) is 12.4. The molecule has 2 rings (SSSR count). The number of rotatable bonds is 5. The fourth-order valence-corrected chi connectivity index (χ4v) is 2.33. The average Bonchev–Trinajstić information content (AvgIpc) is 2.85. The maximum Gasteiger partial charge on any atom is 0.123 e. The SMILES string of the molecule is CCc1ccc(CNc2ccc(Br)cc2CC)o1. The van der Waals surface area contributed by atoms with E-state index in [0.717, 1.165) is 35.4 Å². The monoisotopic (exact) mass is 307 g/mol. The third-order valence-corrected chi connectivity index (χ3v) is 3.46. The van der Waals surface area contributed by atoms with Gasteiger partial charge < -0.3 is 9.73 Å². The molecule has 0 aliphatic carbocycles. The van der Waals surface area contributed by atoms with Crippen molar-refractivity contribution in [2.75, 3.05) is 5.32 Å². The van der Waals surface area contributed by atoms with Gasteiger partial charge in [0.25, 0.3) is 0 Å². The second kappa shape index (κ2) is 6.10. The van der Waals surface area contributed by atoms with Crippen molar-refractivity contribution in [2.24, 2.45) is 0 Å². The van der Waals surface area contributed by atoms with Gasteiger partial charge in [-0.15, -0.1) is 0 Å². The number of furan rings is 1. The van der Waals surface area contributed by atoms with E-state index in [2.05, 4.69) is 53.3 Å². The summed E-state index contributed by atoms with van der Waals surface area (Å²) in [7, 11) is 0. The highest BCUT2D eigenvalue weighted by atomic mass is 79.9. The Morgan fingerprint density at radius 3 is 2.50 bits per heavy atom. The third-order valence-electron chi connectivity index (χ3n) is 2.97. The van der Waals surface area contributed by atoms with Gasteiger partial charge in [-0.2, -0.15) is 0 Å². The quantitative estimate of drug-likeness (QED) is 0.860. The summed E-state index contributed by atoms with van der Waals surface area (Å²) in [5, 5.41) is 3.43. The van der Waals surface area contributed by atoms with Crippen LogP contribution in [0.4, 0.5) is 5.69 Å². The lowest BCUT2D eigenvalue weighted by Crippen LogP contribution is -2.01. The van der Waals surface area contributed by atoms with E-state index in [1.165, 1.54) is 11.3 Å². The van der Waals surface area contributed by atoms with Crippen LogP contribution in [0.2, 0.25) is 0 Å². The Kier molecular flexibility index (Phi) is 4.48. The molecule has 0 spiro atoms. The molecule has 0 fully saturated rings. The number of halogens is 1. The average molecular weight is 308 g/mol. The van der Waals surface area contributed by atoms with Gasteiger partial charge >= 0.3 is 0 Å². The standard InChI is InChI=1S/C15H18BrNO/c1-3-11-9-12(16)5-8-15(11)17-10-14-7-6-13(4-2)18-14/h5-9,17H,3-4,10H2,1-2H3. The maximum absolute atomic E-state index is 5.68. The molecule has 0 aliphatic heterocycles. The van der Waals surface area contributed by atoms with Crippen LogP contribution in [0.5, 0.6) is 0 Å². The fourth-order valence-electron chi connectivity index (χ4n) is 1.92. The van der Waals surface area contributed by atoms with Crippen molar-refractivity contribution in [1.29, 1.82) is 0 Å². The summed E-state index contributed by atoms with van der Waals surface area (Å²) in [5.74, 6) is 2.02. The number of benzene rings is 1. The lowest BCUT2D eigenvalue weighted by molar-refractivity contribution is 0.476. The highest BCUT2D eigenvalue weighted by Crippen LogP contribution is 2.22. The molecular formula is C15H18BrNO. The van der Waals surface area contributed by atoms with Crippen molar-refractivity contribution in [1.82, 2.24) is 0 Å². The van der Waals surface area contributed by atoms with E-state index in [4.69, 9.17) is 4.42 Å². The van der Waals surface area contributed by atoms with Gasteiger partial charge in [0.2, 0.25) is 0 Å². The molecule has 0 saturated heterocycles. The van der Waals surface area contributed by atoms with E-state index in [0.29, 0.717) is 0 Å². The number of hydrogen-bond donors (Lipinski definition) is 1. The molecule has 2 aromatic rings. The first kappa shape index (κ1) is 13.2. The van der Waals surface area contributed by atoms with Crippen LogP contribution in [0.15, 0.2) is 39.2 Å². The van der Waals surface area contributed by atoms with Gasteiger partial charge in [-0.3, -0.25) is 0 Å². The minimum atomic E-state index is 0.731. The Labute approximate surface area is 117 Å². The summed E-state index contributed by atoms with van der Waals surface area (Å²) in [4.78, 5) is 0. The highest BCUT2D eigenvalue weighted by Gasteiger charge is 2.04. The van der Waals surface area contributed by atoms with E-state index in [9.17, 15) is 0 Å². The Morgan fingerprint density at radius 2 is 1.83 bits per heavy atom. The van der Waals surface area contributed by atoms with Crippen LogP contribution >= 0.6 is 15.9 Å². The molecule has 0 saturated carbocycles. The lowest BCUT2D eigenvalue weighted by atomic mass is 10.1. The number of nitrogens with one attached hydrogen (secondary N) is 1. The first-order valence-electron chi connectivity index (χ1n) is 6.32. The van der Waals surface area contributed by atoms with Gasteiger partial charge in [0.15, 0.2) is 0 Å². The predicted molar refractivity (Wildman–Crippen MR) is 78.9 cm³/mol. The molecule has 0 bridgehead atoms. The molecule has 0 unspecified atom stereocenters. The van der Waals surface area contributed by atoms with E-state index >= 15 is 0 Å². The van der Waals surface area contributed by atoms with Crippen LogP contribution in [0.3, 0.4) is 0 Å². The molecule has 3 heteroatoms. The topological polar surface area (TPSA) is 25.2 Å². The lowest BCUT2D eigenvalue weighted by Gasteiger charge is -2.10. The zero-order valence-electron chi connectivity index (χ0n) is 10.8. The smallest absolute Gasteiger partial charge is 0.123 e. The van der Waals surface area contributed by atoms with Crippen molar-refractivity contribution in [3.63, 3.8) is 0 Å². The Hall–Kier alpha value is -1.22. The van der Waals surface area contributed by atoms with E-state index in [1.807, 2.05) is 12.1 Å². The van der Waals surface area contributed by atoms with Gasteiger partial charge in [-0.05, 0) is 42.3 Å². The Morgan fingerprint density at radius 1 is 1.06 bits per heavy atom. The molecular weight excluding hydrogens is 290 g/mol. The molecule has 18 heavy (non-hydrogen) atoms. The van der Waals surface area contributed by atoms with Gasteiger partial charge in [-0.1, -0.05) is 29.8 Å². The van der Waals surface area contributed by atoms with E-state index < -0.39 is 0 Å². The van der Waals surface area contributed by atoms with Crippen LogP contribution in [-0.4, -0.2) is 0 Å². The summed E-state index contributed by atoms with van der Waals surface area (Å²) in [6, 6.07) is 10.4. The van der Waals surface area contributed by atoms with Crippen molar-refractivity contribution < 1.29 is 4.42 Å². The van der Waals surface area contributed by atoms with Crippen LogP contribution in [0.1, 0.15) is 30.9 Å². The number of anilines is 1. The van der Waals surface area contributed by atoms with Gasteiger partial charge in [-0.25, -0.2) is 0 Å². The van der Waals surface area contributed by atoms with Gasteiger partial charge in [0, 0.05) is 16.6 Å². The second-order valence-corrected chi connectivity index (χ2v) is 5.15. The van der Waals surface area contributed by atoms with E-state index in [-0.39, 0.29) is 0 Å². The summed E-state index contributed by atoms with van der Waals surface area (Å²) >= 11 is 3.50. The minimum absolute atomic E-state index is 0.731.